The van der Waals surface area contributed by atoms with Gasteiger partial charge in [-0.2, -0.15) is 25.9 Å². The topological polar surface area (TPSA) is 183 Å². The number of rotatable bonds is 6. The van der Waals surface area contributed by atoms with Gasteiger partial charge in [-0.05, 0) is 78.7 Å². The van der Waals surface area contributed by atoms with E-state index in [0.717, 1.165) is 41.2 Å². The average molecular weight is 922 g/mol. The third-order valence-corrected chi connectivity index (χ3v) is 14.1. The molecule has 2 aliphatic rings. The van der Waals surface area contributed by atoms with E-state index < -0.39 is 56.0 Å². The lowest BCUT2D eigenvalue weighted by atomic mass is 9.99. The first-order valence-electron chi connectivity index (χ1n) is 16.7. The van der Waals surface area contributed by atoms with E-state index in [1.54, 1.807) is 23.2 Å². The van der Waals surface area contributed by atoms with Crippen LogP contribution in [0.4, 0.5) is 20.2 Å². The van der Waals surface area contributed by atoms with Crippen LogP contribution in [0.2, 0.25) is 10.0 Å². The van der Waals surface area contributed by atoms with Crippen LogP contribution in [0, 0.1) is 11.6 Å². The molecule has 1 fully saturated rings. The highest BCUT2D eigenvalue weighted by atomic mass is 35.5. The Hall–Kier alpha value is -4.93. The molecule has 8 rings (SSSR count). The van der Waals surface area contributed by atoms with Gasteiger partial charge in [0.05, 0.1) is 47.2 Å². The molecule has 2 amide bonds. The first-order chi connectivity index (χ1) is 27.5. The van der Waals surface area contributed by atoms with Gasteiger partial charge in [-0.1, -0.05) is 42.8 Å². The number of carbonyl (C=O) groups is 2. The summed E-state index contributed by atoms with van der Waals surface area (Å²) in [5.74, 6) is -2.47. The van der Waals surface area contributed by atoms with Crippen molar-refractivity contribution in [3.63, 3.8) is 0 Å². The Labute approximate surface area is 355 Å². The van der Waals surface area contributed by atoms with Crippen LogP contribution in [0.3, 0.4) is 0 Å². The molecule has 4 heterocycles. The van der Waals surface area contributed by atoms with E-state index in [0.29, 0.717) is 11.1 Å². The fraction of sp³-hybridized carbons (Fsp3) is 0.162. The zero-order valence-corrected chi connectivity index (χ0v) is 34.6. The lowest BCUT2D eigenvalue weighted by Gasteiger charge is -2.36. The van der Waals surface area contributed by atoms with Gasteiger partial charge in [0.15, 0.2) is 0 Å². The first kappa shape index (κ1) is 43.6. The monoisotopic (exact) mass is 920 g/mol. The molecule has 1 saturated heterocycles. The number of aromatic nitrogens is 2. The van der Waals surface area contributed by atoms with E-state index in [2.05, 4.69) is 29.7 Å². The second-order valence-electron chi connectivity index (χ2n) is 12.7. The number of hydrogen-bond acceptors (Lipinski definition) is 10. The Morgan fingerprint density at radius 2 is 1.39 bits per heavy atom. The second kappa shape index (κ2) is 17.3. The van der Waals surface area contributed by atoms with Crippen molar-refractivity contribution in [1.29, 1.82) is 0 Å². The predicted molar refractivity (Wildman–Crippen MR) is 228 cm³/mol. The third kappa shape index (κ3) is 9.44. The van der Waals surface area contributed by atoms with E-state index in [1.807, 2.05) is 24.3 Å². The van der Waals surface area contributed by atoms with Crippen molar-refractivity contribution in [1.82, 2.24) is 23.3 Å². The zero-order valence-electron chi connectivity index (χ0n) is 29.9. The number of hydrogen-bond donors (Lipinski definition) is 3. The minimum absolute atomic E-state index is 0. The van der Waals surface area contributed by atoms with Gasteiger partial charge in [0.2, 0.25) is 5.91 Å². The lowest BCUT2D eigenvalue weighted by molar-refractivity contribution is -0.120. The van der Waals surface area contributed by atoms with E-state index in [4.69, 9.17) is 23.2 Å². The molecule has 2 unspecified atom stereocenters. The van der Waals surface area contributed by atoms with Gasteiger partial charge in [0, 0.05) is 37.1 Å². The highest BCUT2D eigenvalue weighted by Crippen LogP contribution is 2.32. The molecule has 14 nitrogen and oxygen atoms in total. The SMILES string of the molecule is C.CN1C(C(=O)Nc2ccc(F)c(Cl)c2)=CC(c2ccc3scnc3c2)=NS1(=O)=O.CN1C(C(=O)Nc2ccc(F)c(Cl)c2)CC(c2ccc3scnc3c2)NS1(=O)=O. The van der Waals surface area contributed by atoms with Crippen LogP contribution in [0.1, 0.15) is 31.0 Å². The van der Waals surface area contributed by atoms with Crippen LogP contribution in [-0.2, 0) is 30.0 Å². The molecule has 22 heteroatoms. The molecule has 2 atom stereocenters. The smallest absolute Gasteiger partial charge is 0.325 e. The molecule has 0 radical (unpaired) electrons. The minimum Gasteiger partial charge on any atom is -0.325 e. The van der Waals surface area contributed by atoms with E-state index in [9.17, 15) is 35.2 Å². The van der Waals surface area contributed by atoms with Crippen LogP contribution in [0.15, 0.2) is 100.0 Å². The summed E-state index contributed by atoms with van der Waals surface area (Å²) in [5.41, 5.74) is 6.58. The standard InChI is InChI=1S/C18H16ClFN4O3S2.C18H12ClFN4O3S2.CH4/c2*1-24-16(18(25)22-11-3-4-13(20)12(19)7-11)8-14(23-29(24,26)27)10-2-5-17-15(6-10)21-9-28-17;/h2-7,9,14,16,23H,8H2,1H3,(H,22,25);2-9H,1H3,(H,22,25);1H4. The number of amides is 2. The van der Waals surface area contributed by atoms with Crippen molar-refractivity contribution in [2.24, 2.45) is 4.40 Å². The van der Waals surface area contributed by atoms with Gasteiger partial charge in [0.1, 0.15) is 23.4 Å². The summed E-state index contributed by atoms with van der Waals surface area (Å²) in [5, 5.41) is 4.82. The number of thiazole rings is 2. The molecular formula is C37H32Cl2F2N8O6S4. The number of halogens is 4. The summed E-state index contributed by atoms with van der Waals surface area (Å²) in [6.07, 6.45) is 1.58. The Morgan fingerprint density at radius 1 is 0.814 bits per heavy atom. The fourth-order valence-electron chi connectivity index (χ4n) is 5.90. The van der Waals surface area contributed by atoms with Crippen LogP contribution in [0.25, 0.3) is 20.4 Å². The van der Waals surface area contributed by atoms with Crippen molar-refractivity contribution in [3.05, 3.63) is 128 Å². The van der Waals surface area contributed by atoms with Gasteiger partial charge < -0.3 is 10.6 Å². The Morgan fingerprint density at radius 3 is 2.00 bits per heavy atom. The molecule has 4 aromatic carbocycles. The van der Waals surface area contributed by atoms with E-state index in [-0.39, 0.29) is 46.7 Å². The quantitative estimate of drug-likeness (QED) is 0.153. The van der Waals surface area contributed by atoms with Crippen LogP contribution in [0.5, 0.6) is 0 Å². The van der Waals surface area contributed by atoms with Crippen LogP contribution in [-0.4, -0.2) is 73.1 Å². The number of likely N-dealkylation sites (N-methyl/N-ethyl adjacent to an activating group) is 2. The van der Waals surface area contributed by atoms with Gasteiger partial charge in [-0.15, -0.1) is 27.1 Å². The molecular weight excluding hydrogens is 890 g/mol. The minimum atomic E-state index is -4.11. The largest absolute Gasteiger partial charge is 0.345 e. The van der Waals surface area contributed by atoms with Crippen molar-refractivity contribution >= 4 is 116 Å². The molecule has 0 aliphatic carbocycles. The molecule has 0 spiro atoms. The third-order valence-electron chi connectivity index (χ3n) is 9.02. The Kier molecular flexibility index (Phi) is 12.8. The molecule has 308 valence electrons. The number of anilines is 2. The maximum atomic E-state index is 13.3. The Bertz CT molecular complexity index is 2910. The number of carbonyl (C=O) groups excluding carboxylic acids is 2. The maximum Gasteiger partial charge on any atom is 0.345 e. The van der Waals surface area contributed by atoms with Crippen LogP contribution >= 0.6 is 45.9 Å². The number of benzene rings is 4. The fourth-order valence-corrected chi connectivity index (χ4v) is 9.77. The van der Waals surface area contributed by atoms with Gasteiger partial charge in [0.25, 0.3) is 16.1 Å². The number of nitrogens with zero attached hydrogens (tertiary/aromatic N) is 5. The highest BCUT2D eigenvalue weighted by Gasteiger charge is 2.41. The highest BCUT2D eigenvalue weighted by molar-refractivity contribution is 7.88. The van der Waals surface area contributed by atoms with Gasteiger partial charge in [-0.25, -0.2) is 23.1 Å². The number of allylic oxidation sites excluding steroid dienone is 1. The first-order valence-corrected chi connectivity index (χ1v) is 22.1. The average Bonchev–Trinajstić information content (AvgIpc) is 3.86. The zero-order chi connectivity index (χ0) is 41.5. The molecule has 2 aromatic heterocycles. The van der Waals surface area contributed by atoms with Crippen molar-refractivity contribution in [3.8, 4) is 0 Å². The molecule has 3 N–H and O–H groups in total. The normalized spacial score (nSPS) is 18.5. The summed E-state index contributed by atoms with van der Waals surface area (Å²) in [7, 11) is -5.43. The molecule has 2 aliphatic heterocycles. The number of fused-ring (bicyclic) bond motifs is 2. The van der Waals surface area contributed by atoms with Crippen molar-refractivity contribution < 1.29 is 35.2 Å². The summed E-state index contributed by atoms with van der Waals surface area (Å²) in [4.78, 5) is 34.0. The molecule has 0 saturated carbocycles. The van der Waals surface area contributed by atoms with Crippen LogP contribution < -0.4 is 15.4 Å². The summed E-state index contributed by atoms with van der Waals surface area (Å²) >= 11 is 14.4. The van der Waals surface area contributed by atoms with Gasteiger partial charge >= 0.3 is 10.2 Å². The van der Waals surface area contributed by atoms with Crippen molar-refractivity contribution in [2.75, 3.05) is 24.7 Å². The summed E-state index contributed by atoms with van der Waals surface area (Å²) < 4.78 is 86.9. The molecule has 59 heavy (non-hydrogen) atoms. The summed E-state index contributed by atoms with van der Waals surface area (Å²) in [6.45, 7) is 0. The maximum absolute atomic E-state index is 13.3. The van der Waals surface area contributed by atoms with Crippen molar-refractivity contribution in [2.45, 2.75) is 25.9 Å². The number of nitrogens with one attached hydrogen (secondary N) is 3. The van der Waals surface area contributed by atoms with E-state index in [1.165, 1.54) is 67.1 Å². The predicted octanol–water partition coefficient (Wildman–Crippen LogP) is 7.53. The van der Waals surface area contributed by atoms with E-state index >= 15 is 0 Å². The lowest BCUT2D eigenvalue weighted by Crippen LogP contribution is -2.55. The Balaban J connectivity index is 0.000000195. The van der Waals surface area contributed by atoms with Gasteiger partial charge in [-0.3, -0.25) is 9.59 Å². The molecule has 0 bridgehead atoms. The second-order valence-corrected chi connectivity index (χ2v) is 18.7. The molecule has 6 aromatic rings. The summed E-state index contributed by atoms with van der Waals surface area (Å²) in [6, 6.07) is 16.6.